The molecule has 0 atom stereocenters. The van der Waals surface area contributed by atoms with Crippen LogP contribution in [0.2, 0.25) is 5.02 Å². The molecule has 0 radical (unpaired) electrons. The molecular weight excluding hydrogens is 424 g/mol. The average Bonchev–Trinajstić information content (AvgIpc) is 2.89. The number of nitro benzene ring substituents is 1. The van der Waals surface area contributed by atoms with Gasteiger partial charge in [-0.3, -0.25) is 19.7 Å². The highest BCUT2D eigenvalue weighted by molar-refractivity contribution is 7.99. The van der Waals surface area contributed by atoms with Crippen molar-refractivity contribution >= 4 is 62.2 Å². The third kappa shape index (κ3) is 4.34. The number of amides is 1. The SMILES string of the molecule is Cc1sc2nc(CSCC(=O)Nc3cc(Cl)ccc3[N+](=O)[O-])[nH]c(=O)c2c1C. The number of halogens is 1. The van der Waals surface area contributed by atoms with Crippen molar-refractivity contribution in [3.8, 4) is 0 Å². The fourth-order valence-electron chi connectivity index (χ4n) is 2.56. The number of carbonyl (C=O) groups is 1. The van der Waals surface area contributed by atoms with Gasteiger partial charge in [-0.25, -0.2) is 4.98 Å². The lowest BCUT2D eigenvalue weighted by atomic mass is 10.2. The van der Waals surface area contributed by atoms with Crippen LogP contribution in [-0.4, -0.2) is 26.6 Å². The Kier molecular flexibility index (Phi) is 6.01. The number of aromatic nitrogens is 2. The molecule has 0 aliphatic carbocycles. The fourth-order valence-corrected chi connectivity index (χ4v) is 4.47. The number of aryl methyl sites for hydroxylation is 2. The zero-order valence-corrected chi connectivity index (χ0v) is 17.3. The molecule has 11 heteroatoms. The number of carbonyl (C=O) groups excluding carboxylic acids is 1. The van der Waals surface area contributed by atoms with Crippen molar-refractivity contribution in [1.29, 1.82) is 0 Å². The second-order valence-electron chi connectivity index (χ2n) is 5.94. The van der Waals surface area contributed by atoms with E-state index in [2.05, 4.69) is 15.3 Å². The first kappa shape index (κ1) is 20.3. The molecule has 1 amide bonds. The lowest BCUT2D eigenvalue weighted by molar-refractivity contribution is -0.383. The summed E-state index contributed by atoms with van der Waals surface area (Å²) in [7, 11) is 0. The predicted octanol–water partition coefficient (Wildman–Crippen LogP) is 4.03. The number of aromatic amines is 1. The lowest BCUT2D eigenvalue weighted by Crippen LogP contribution is -2.16. The van der Waals surface area contributed by atoms with E-state index in [-0.39, 0.29) is 27.7 Å². The minimum Gasteiger partial charge on any atom is -0.320 e. The van der Waals surface area contributed by atoms with Gasteiger partial charge >= 0.3 is 0 Å². The Morgan fingerprint density at radius 1 is 1.43 bits per heavy atom. The van der Waals surface area contributed by atoms with Crippen LogP contribution in [0.4, 0.5) is 11.4 Å². The van der Waals surface area contributed by atoms with Crippen molar-refractivity contribution in [1.82, 2.24) is 9.97 Å². The number of nitrogens with zero attached hydrogens (tertiary/aromatic N) is 2. The highest BCUT2D eigenvalue weighted by Gasteiger charge is 2.17. The normalized spacial score (nSPS) is 11.0. The third-order valence-corrected chi connectivity index (χ3v) is 6.27. The van der Waals surface area contributed by atoms with Crippen molar-refractivity contribution < 1.29 is 9.72 Å². The summed E-state index contributed by atoms with van der Waals surface area (Å²) in [4.78, 5) is 43.7. The van der Waals surface area contributed by atoms with Gasteiger partial charge in [-0.2, -0.15) is 0 Å². The third-order valence-electron chi connectivity index (χ3n) is 3.99. The molecule has 146 valence electrons. The number of hydrogen-bond donors (Lipinski definition) is 2. The summed E-state index contributed by atoms with van der Waals surface area (Å²) in [6.07, 6.45) is 0. The molecule has 0 saturated carbocycles. The highest BCUT2D eigenvalue weighted by atomic mass is 35.5. The lowest BCUT2D eigenvalue weighted by Gasteiger charge is -2.06. The molecular formula is C17H15ClN4O4S2. The number of fused-ring (bicyclic) bond motifs is 1. The number of nitrogens with one attached hydrogen (secondary N) is 2. The molecule has 0 aliphatic heterocycles. The maximum absolute atomic E-state index is 12.3. The minimum atomic E-state index is -0.589. The van der Waals surface area contributed by atoms with E-state index in [1.807, 2.05) is 13.8 Å². The van der Waals surface area contributed by atoms with Gasteiger partial charge in [0.25, 0.3) is 11.2 Å². The van der Waals surface area contributed by atoms with Crippen LogP contribution < -0.4 is 10.9 Å². The number of hydrogen-bond acceptors (Lipinski definition) is 7. The first-order valence-corrected chi connectivity index (χ1v) is 10.4. The minimum absolute atomic E-state index is 0.0356. The van der Waals surface area contributed by atoms with E-state index in [1.165, 1.54) is 41.3 Å². The Morgan fingerprint density at radius 3 is 2.89 bits per heavy atom. The van der Waals surface area contributed by atoms with Gasteiger partial charge in [-0.15, -0.1) is 23.1 Å². The van der Waals surface area contributed by atoms with Crippen LogP contribution in [0.15, 0.2) is 23.0 Å². The molecule has 2 heterocycles. The summed E-state index contributed by atoms with van der Waals surface area (Å²) in [5, 5.41) is 14.4. The van der Waals surface area contributed by atoms with E-state index in [0.717, 1.165) is 10.4 Å². The van der Waals surface area contributed by atoms with Gasteiger partial charge in [-0.05, 0) is 31.5 Å². The second-order valence-corrected chi connectivity index (χ2v) is 8.56. The number of anilines is 1. The average molecular weight is 439 g/mol. The molecule has 0 bridgehead atoms. The summed E-state index contributed by atoms with van der Waals surface area (Å²) in [6, 6.07) is 3.95. The second kappa shape index (κ2) is 8.29. The largest absolute Gasteiger partial charge is 0.320 e. The van der Waals surface area contributed by atoms with Crippen LogP contribution in [0.1, 0.15) is 16.3 Å². The maximum Gasteiger partial charge on any atom is 0.292 e. The van der Waals surface area contributed by atoms with E-state index < -0.39 is 10.8 Å². The molecule has 0 saturated heterocycles. The summed E-state index contributed by atoms with van der Waals surface area (Å²) in [5.74, 6) is 0.423. The van der Waals surface area contributed by atoms with E-state index in [9.17, 15) is 19.7 Å². The van der Waals surface area contributed by atoms with Gasteiger partial charge in [0.05, 0.1) is 21.8 Å². The van der Waals surface area contributed by atoms with Gasteiger partial charge in [0.1, 0.15) is 16.3 Å². The molecule has 0 fully saturated rings. The van der Waals surface area contributed by atoms with Crippen molar-refractivity contribution in [3.63, 3.8) is 0 Å². The Balaban J connectivity index is 1.65. The van der Waals surface area contributed by atoms with Crippen LogP contribution in [0.3, 0.4) is 0 Å². The first-order chi connectivity index (χ1) is 13.3. The standard InChI is InChI=1S/C17H15ClN4O4S2/c1-8-9(2)28-17-15(8)16(24)20-13(21-17)6-27-7-14(23)19-11-5-10(18)3-4-12(11)22(25)26/h3-5H,6-7H2,1-2H3,(H,19,23)(H,20,21,24). The number of H-pyrrole nitrogens is 1. The van der Waals surface area contributed by atoms with Gasteiger partial charge in [0.15, 0.2) is 0 Å². The van der Waals surface area contributed by atoms with Gasteiger partial charge < -0.3 is 10.3 Å². The Labute approximate surface area is 172 Å². The van der Waals surface area contributed by atoms with Gasteiger partial charge in [0, 0.05) is 16.0 Å². The quantitative estimate of drug-likeness (QED) is 0.443. The molecule has 0 unspecified atom stereocenters. The highest BCUT2D eigenvalue weighted by Crippen LogP contribution is 2.28. The number of rotatable bonds is 6. The summed E-state index contributed by atoms with van der Waals surface area (Å²) >= 11 is 8.54. The number of thiophene rings is 1. The Bertz CT molecular complexity index is 1140. The van der Waals surface area contributed by atoms with Gasteiger partial charge in [-0.1, -0.05) is 11.6 Å². The number of benzene rings is 1. The maximum atomic E-state index is 12.3. The monoisotopic (exact) mass is 438 g/mol. The van der Waals surface area contributed by atoms with Crippen LogP contribution in [-0.2, 0) is 10.5 Å². The predicted molar refractivity (Wildman–Crippen MR) is 113 cm³/mol. The molecule has 1 aromatic carbocycles. The fraction of sp³-hybridized carbons (Fsp3) is 0.235. The number of thioether (sulfide) groups is 1. The Hall–Kier alpha value is -2.43. The molecule has 0 aliphatic rings. The Morgan fingerprint density at radius 2 is 2.18 bits per heavy atom. The van der Waals surface area contributed by atoms with Crippen LogP contribution in [0, 0.1) is 24.0 Å². The van der Waals surface area contributed by atoms with Crippen LogP contribution in [0.25, 0.3) is 10.2 Å². The molecule has 28 heavy (non-hydrogen) atoms. The molecule has 8 nitrogen and oxygen atoms in total. The van der Waals surface area contributed by atoms with Crippen molar-refractivity contribution in [3.05, 3.63) is 60.0 Å². The van der Waals surface area contributed by atoms with E-state index in [0.29, 0.717) is 21.8 Å². The van der Waals surface area contributed by atoms with Crippen LogP contribution in [0.5, 0.6) is 0 Å². The number of nitro groups is 1. The van der Waals surface area contributed by atoms with Crippen LogP contribution >= 0.6 is 34.7 Å². The van der Waals surface area contributed by atoms with Gasteiger partial charge in [0.2, 0.25) is 5.91 Å². The zero-order valence-electron chi connectivity index (χ0n) is 14.9. The van der Waals surface area contributed by atoms with Crippen molar-refractivity contribution in [2.24, 2.45) is 0 Å². The topological polar surface area (TPSA) is 118 Å². The summed E-state index contributed by atoms with van der Waals surface area (Å²) in [6.45, 7) is 3.83. The van der Waals surface area contributed by atoms with Crippen molar-refractivity contribution in [2.45, 2.75) is 19.6 Å². The molecule has 0 spiro atoms. The van der Waals surface area contributed by atoms with E-state index in [4.69, 9.17) is 11.6 Å². The first-order valence-electron chi connectivity index (χ1n) is 8.06. The molecule has 2 N–H and O–H groups in total. The summed E-state index contributed by atoms with van der Waals surface area (Å²) in [5.41, 5.74) is 0.542. The van der Waals surface area contributed by atoms with E-state index >= 15 is 0 Å². The molecule has 2 aromatic heterocycles. The zero-order chi connectivity index (χ0) is 20.4. The molecule has 3 aromatic rings. The van der Waals surface area contributed by atoms with Crippen molar-refractivity contribution in [2.75, 3.05) is 11.1 Å². The van der Waals surface area contributed by atoms with E-state index in [1.54, 1.807) is 0 Å². The smallest absolute Gasteiger partial charge is 0.292 e. The summed E-state index contributed by atoms with van der Waals surface area (Å²) < 4.78 is 0. The molecule has 3 rings (SSSR count).